The topological polar surface area (TPSA) is 66.5 Å². The molecule has 1 aliphatic carbocycles. The summed E-state index contributed by atoms with van der Waals surface area (Å²) < 4.78 is 26.1. The van der Waals surface area contributed by atoms with Crippen LogP contribution in [0.5, 0.6) is 0 Å². The Hall–Kier alpha value is -0.920. The van der Waals surface area contributed by atoms with Crippen LogP contribution in [0.25, 0.3) is 0 Å². The Labute approximate surface area is 140 Å². The Morgan fingerprint density at radius 3 is 2.45 bits per heavy atom. The van der Waals surface area contributed by atoms with Crippen molar-refractivity contribution >= 4 is 31.9 Å². The summed E-state index contributed by atoms with van der Waals surface area (Å²) in [5.74, 6) is -0.227. The quantitative estimate of drug-likeness (QED) is 0.861. The molecule has 0 unspecified atom stereocenters. The third-order valence-electron chi connectivity index (χ3n) is 3.90. The lowest BCUT2D eigenvalue weighted by molar-refractivity contribution is 0.0926. The predicted molar refractivity (Wildman–Crippen MR) is 89.4 cm³/mol. The molecule has 1 aromatic carbocycles. The molecule has 0 spiro atoms. The fraction of sp³-hybridized carbons (Fsp3) is 0.533. The standard InChI is InChI=1S/C15H21BrN2O3S/c1-18(2)22(20,21)12-8-9-14(16)13(10-12)15(19)17-11-6-4-3-5-7-11/h8-11H,3-7H2,1-2H3,(H,17,19). The van der Waals surface area contributed by atoms with Crippen LogP contribution in [0.4, 0.5) is 0 Å². The van der Waals surface area contributed by atoms with Crippen molar-refractivity contribution in [3.05, 3.63) is 28.2 Å². The first-order valence-corrected chi connectivity index (χ1v) is 9.58. The minimum absolute atomic E-state index is 0.120. The van der Waals surface area contributed by atoms with Gasteiger partial charge in [0.15, 0.2) is 0 Å². The molecule has 2 rings (SSSR count). The number of carbonyl (C=O) groups excluding carboxylic acids is 1. The van der Waals surface area contributed by atoms with E-state index in [9.17, 15) is 13.2 Å². The summed E-state index contributed by atoms with van der Waals surface area (Å²) in [5, 5.41) is 3.01. The molecule has 1 saturated carbocycles. The van der Waals surface area contributed by atoms with Crippen LogP contribution in [0.3, 0.4) is 0 Å². The van der Waals surface area contributed by atoms with Gasteiger partial charge in [-0.3, -0.25) is 4.79 Å². The molecule has 0 aromatic heterocycles. The van der Waals surface area contributed by atoms with Gasteiger partial charge in [-0.25, -0.2) is 12.7 Å². The monoisotopic (exact) mass is 388 g/mol. The normalized spacial score (nSPS) is 16.7. The molecule has 122 valence electrons. The predicted octanol–water partition coefficient (Wildman–Crippen LogP) is 2.76. The van der Waals surface area contributed by atoms with Crippen LogP contribution in [0.2, 0.25) is 0 Å². The second kappa shape index (κ2) is 7.10. The molecule has 0 bridgehead atoms. The van der Waals surface area contributed by atoms with Crippen LogP contribution in [-0.4, -0.2) is 38.8 Å². The number of nitrogens with one attached hydrogen (secondary N) is 1. The summed E-state index contributed by atoms with van der Waals surface area (Å²) >= 11 is 3.33. The SMILES string of the molecule is CN(C)S(=O)(=O)c1ccc(Br)c(C(=O)NC2CCCCC2)c1. The van der Waals surface area contributed by atoms with Crippen LogP contribution in [0, 0.1) is 0 Å². The number of hydrogen-bond donors (Lipinski definition) is 1. The fourth-order valence-corrected chi connectivity index (χ4v) is 3.91. The number of rotatable bonds is 4. The van der Waals surface area contributed by atoms with Crippen LogP contribution in [-0.2, 0) is 10.0 Å². The third-order valence-corrected chi connectivity index (χ3v) is 6.40. The maximum absolute atomic E-state index is 12.4. The van der Waals surface area contributed by atoms with E-state index >= 15 is 0 Å². The summed E-state index contributed by atoms with van der Waals surface area (Å²) in [5.41, 5.74) is 0.355. The number of amides is 1. The van der Waals surface area contributed by atoms with Gasteiger partial charge >= 0.3 is 0 Å². The van der Waals surface area contributed by atoms with Crippen molar-refractivity contribution in [1.29, 1.82) is 0 Å². The van der Waals surface area contributed by atoms with Gasteiger partial charge in [0.25, 0.3) is 5.91 Å². The van der Waals surface area contributed by atoms with Gasteiger partial charge in [-0.05, 0) is 47.0 Å². The van der Waals surface area contributed by atoms with Crippen molar-refractivity contribution in [3.63, 3.8) is 0 Å². The highest BCUT2D eigenvalue weighted by atomic mass is 79.9. The molecule has 1 N–H and O–H groups in total. The van der Waals surface area contributed by atoms with Crippen LogP contribution in [0.15, 0.2) is 27.6 Å². The average Bonchev–Trinajstić information content (AvgIpc) is 2.48. The van der Waals surface area contributed by atoms with Gasteiger partial charge < -0.3 is 5.32 Å². The minimum atomic E-state index is -3.55. The molecule has 1 amide bonds. The van der Waals surface area contributed by atoms with E-state index in [0.717, 1.165) is 30.0 Å². The summed E-state index contributed by atoms with van der Waals surface area (Å²) in [4.78, 5) is 12.6. The van der Waals surface area contributed by atoms with Gasteiger partial charge in [0, 0.05) is 24.6 Å². The largest absolute Gasteiger partial charge is 0.349 e. The van der Waals surface area contributed by atoms with E-state index in [-0.39, 0.29) is 16.8 Å². The van der Waals surface area contributed by atoms with E-state index in [1.807, 2.05) is 0 Å². The number of nitrogens with zero attached hydrogens (tertiary/aromatic N) is 1. The van der Waals surface area contributed by atoms with Crippen molar-refractivity contribution in [2.75, 3.05) is 14.1 Å². The number of sulfonamides is 1. The van der Waals surface area contributed by atoms with E-state index in [2.05, 4.69) is 21.2 Å². The molecular weight excluding hydrogens is 368 g/mol. The maximum atomic E-state index is 12.4. The molecule has 1 fully saturated rings. The Bertz CT molecular complexity index is 653. The van der Waals surface area contributed by atoms with E-state index in [4.69, 9.17) is 0 Å². The lowest BCUT2D eigenvalue weighted by Gasteiger charge is -2.23. The van der Waals surface area contributed by atoms with E-state index in [0.29, 0.717) is 10.0 Å². The Kier molecular flexibility index (Phi) is 5.63. The summed E-state index contributed by atoms with van der Waals surface area (Å²) in [6.45, 7) is 0. The highest BCUT2D eigenvalue weighted by Gasteiger charge is 2.22. The molecule has 5 nitrogen and oxygen atoms in total. The first-order chi connectivity index (χ1) is 10.3. The Morgan fingerprint density at radius 2 is 1.86 bits per heavy atom. The average molecular weight is 389 g/mol. The molecule has 1 aliphatic rings. The van der Waals surface area contributed by atoms with Crippen LogP contribution >= 0.6 is 15.9 Å². The van der Waals surface area contributed by atoms with Crippen molar-refractivity contribution in [1.82, 2.24) is 9.62 Å². The third kappa shape index (κ3) is 3.88. The van der Waals surface area contributed by atoms with E-state index < -0.39 is 10.0 Å². The lowest BCUT2D eigenvalue weighted by atomic mass is 9.95. The highest BCUT2D eigenvalue weighted by molar-refractivity contribution is 9.10. The molecule has 0 saturated heterocycles. The van der Waals surface area contributed by atoms with Gasteiger partial charge in [-0.1, -0.05) is 19.3 Å². The molecule has 0 heterocycles. The molecule has 7 heteroatoms. The van der Waals surface area contributed by atoms with Crippen molar-refractivity contribution in [3.8, 4) is 0 Å². The first-order valence-electron chi connectivity index (χ1n) is 7.35. The molecule has 1 aromatic rings. The minimum Gasteiger partial charge on any atom is -0.349 e. The number of carbonyl (C=O) groups is 1. The number of hydrogen-bond acceptors (Lipinski definition) is 3. The Balaban J connectivity index is 2.24. The van der Waals surface area contributed by atoms with Gasteiger partial charge in [-0.2, -0.15) is 0 Å². The van der Waals surface area contributed by atoms with Gasteiger partial charge in [0.05, 0.1) is 10.5 Å². The van der Waals surface area contributed by atoms with Gasteiger partial charge in [0.2, 0.25) is 10.0 Å². The van der Waals surface area contributed by atoms with Crippen LogP contribution < -0.4 is 5.32 Å². The van der Waals surface area contributed by atoms with E-state index in [1.54, 1.807) is 6.07 Å². The first kappa shape index (κ1) is 17.4. The van der Waals surface area contributed by atoms with Gasteiger partial charge in [-0.15, -0.1) is 0 Å². The summed E-state index contributed by atoms with van der Waals surface area (Å²) in [7, 11) is -0.607. The van der Waals surface area contributed by atoms with Crippen molar-refractivity contribution in [2.24, 2.45) is 0 Å². The molecule has 22 heavy (non-hydrogen) atoms. The zero-order valence-electron chi connectivity index (χ0n) is 12.8. The zero-order valence-corrected chi connectivity index (χ0v) is 15.2. The molecule has 0 atom stereocenters. The second-order valence-electron chi connectivity index (χ2n) is 5.74. The number of halogens is 1. The lowest BCUT2D eigenvalue weighted by Crippen LogP contribution is -2.36. The van der Waals surface area contributed by atoms with E-state index in [1.165, 1.54) is 32.6 Å². The zero-order chi connectivity index (χ0) is 16.3. The smallest absolute Gasteiger partial charge is 0.252 e. The molecular formula is C15H21BrN2O3S. The van der Waals surface area contributed by atoms with Gasteiger partial charge in [0.1, 0.15) is 0 Å². The molecule has 0 radical (unpaired) electrons. The maximum Gasteiger partial charge on any atom is 0.252 e. The van der Waals surface area contributed by atoms with Crippen molar-refractivity contribution in [2.45, 2.75) is 43.0 Å². The number of benzene rings is 1. The second-order valence-corrected chi connectivity index (χ2v) is 8.74. The van der Waals surface area contributed by atoms with Crippen molar-refractivity contribution < 1.29 is 13.2 Å². The van der Waals surface area contributed by atoms with Crippen LogP contribution in [0.1, 0.15) is 42.5 Å². The molecule has 0 aliphatic heterocycles. The Morgan fingerprint density at radius 1 is 1.23 bits per heavy atom. The summed E-state index contributed by atoms with van der Waals surface area (Å²) in [6, 6.07) is 4.71. The fourth-order valence-electron chi connectivity index (χ4n) is 2.56. The summed E-state index contributed by atoms with van der Waals surface area (Å²) in [6.07, 6.45) is 5.44. The highest BCUT2D eigenvalue weighted by Crippen LogP contribution is 2.24.